The van der Waals surface area contributed by atoms with Gasteiger partial charge in [-0.2, -0.15) is 0 Å². The lowest BCUT2D eigenvalue weighted by Gasteiger charge is -2.30. The zero-order chi connectivity index (χ0) is 13.8. The number of hydrogen-bond donors (Lipinski definition) is 1. The Morgan fingerprint density at radius 3 is 2.68 bits per heavy atom. The highest BCUT2D eigenvalue weighted by molar-refractivity contribution is 5.79. The number of rotatable bonds is 4. The van der Waals surface area contributed by atoms with Gasteiger partial charge in [0.2, 0.25) is 5.91 Å². The molecule has 1 aromatic carbocycles. The van der Waals surface area contributed by atoms with Crippen molar-refractivity contribution in [2.75, 3.05) is 19.6 Å². The summed E-state index contributed by atoms with van der Waals surface area (Å²) in [5, 5.41) is 3.22. The minimum absolute atomic E-state index is 0.0151. The number of nitrogens with zero attached hydrogens (tertiary/aromatic N) is 1. The summed E-state index contributed by atoms with van der Waals surface area (Å²) in [6.07, 6.45) is 0.908. The Labute approximate surface area is 113 Å². The molecule has 2 unspecified atom stereocenters. The predicted molar refractivity (Wildman–Crippen MR) is 73.2 cm³/mol. The van der Waals surface area contributed by atoms with E-state index in [1.807, 2.05) is 18.7 Å². The quantitative estimate of drug-likeness (QED) is 0.905. The van der Waals surface area contributed by atoms with Crippen molar-refractivity contribution in [3.8, 4) is 0 Å². The highest BCUT2D eigenvalue weighted by Crippen LogP contribution is 2.23. The number of carbonyl (C=O) groups excluding carboxylic acids is 1. The van der Waals surface area contributed by atoms with Crippen LogP contribution in [0.1, 0.15) is 31.9 Å². The Hall–Kier alpha value is -1.42. The Kier molecular flexibility index (Phi) is 4.53. The van der Waals surface area contributed by atoms with Gasteiger partial charge < -0.3 is 10.2 Å². The predicted octanol–water partition coefficient (Wildman–Crippen LogP) is 2.34. The topological polar surface area (TPSA) is 32.3 Å². The van der Waals surface area contributed by atoms with Crippen LogP contribution < -0.4 is 5.32 Å². The van der Waals surface area contributed by atoms with Gasteiger partial charge in [0.25, 0.3) is 0 Å². The van der Waals surface area contributed by atoms with Crippen molar-refractivity contribution >= 4 is 5.91 Å². The number of amides is 1. The highest BCUT2D eigenvalue weighted by Gasteiger charge is 2.29. The van der Waals surface area contributed by atoms with Gasteiger partial charge in [-0.15, -0.1) is 0 Å². The van der Waals surface area contributed by atoms with Gasteiger partial charge in [-0.1, -0.05) is 12.1 Å². The minimum Gasteiger partial charge on any atom is -0.336 e. The zero-order valence-corrected chi connectivity index (χ0v) is 11.5. The van der Waals surface area contributed by atoms with Gasteiger partial charge in [0.15, 0.2) is 0 Å². The van der Waals surface area contributed by atoms with E-state index in [1.54, 1.807) is 12.1 Å². The molecule has 0 aliphatic carbocycles. The number of halogens is 1. The Morgan fingerprint density at radius 2 is 2.16 bits per heavy atom. The smallest absolute Gasteiger partial charge is 0.227 e. The maximum atomic E-state index is 12.9. The van der Waals surface area contributed by atoms with Crippen LogP contribution in [0.5, 0.6) is 0 Å². The fraction of sp³-hybridized carbons (Fsp3) is 0.533. The first kappa shape index (κ1) is 14.0. The van der Waals surface area contributed by atoms with Gasteiger partial charge in [-0.05, 0) is 44.5 Å². The van der Waals surface area contributed by atoms with E-state index in [2.05, 4.69) is 5.32 Å². The minimum atomic E-state index is -0.245. The maximum Gasteiger partial charge on any atom is 0.227 e. The average Bonchev–Trinajstić information content (AvgIpc) is 2.94. The lowest BCUT2D eigenvalue weighted by Crippen LogP contribution is -2.38. The maximum absolute atomic E-state index is 12.9. The molecule has 1 amide bonds. The van der Waals surface area contributed by atoms with E-state index in [-0.39, 0.29) is 23.7 Å². The number of carbonyl (C=O) groups is 1. The van der Waals surface area contributed by atoms with Gasteiger partial charge in [0, 0.05) is 13.1 Å². The molecule has 1 fully saturated rings. The van der Waals surface area contributed by atoms with E-state index in [9.17, 15) is 9.18 Å². The molecular weight excluding hydrogens is 243 g/mol. The molecule has 2 atom stereocenters. The number of nitrogens with one attached hydrogen (secondary N) is 1. The molecular formula is C15H21FN2O. The van der Waals surface area contributed by atoms with Crippen LogP contribution in [0.15, 0.2) is 24.3 Å². The Bertz CT molecular complexity index is 426. The fourth-order valence-electron chi connectivity index (χ4n) is 2.64. The summed E-state index contributed by atoms with van der Waals surface area (Å²) in [5.74, 6) is 0.0393. The van der Waals surface area contributed by atoms with Crippen LogP contribution >= 0.6 is 0 Å². The molecule has 2 rings (SSSR count). The van der Waals surface area contributed by atoms with Gasteiger partial charge in [-0.25, -0.2) is 4.39 Å². The summed E-state index contributed by atoms with van der Waals surface area (Å²) in [5.41, 5.74) is 0.975. The largest absolute Gasteiger partial charge is 0.336 e. The summed E-state index contributed by atoms with van der Waals surface area (Å²) in [4.78, 5) is 14.3. The average molecular weight is 264 g/mol. The molecule has 0 radical (unpaired) electrons. The van der Waals surface area contributed by atoms with E-state index in [1.165, 1.54) is 12.1 Å². The third kappa shape index (κ3) is 3.13. The number of benzene rings is 1. The molecule has 1 aliphatic rings. The van der Waals surface area contributed by atoms with Crippen molar-refractivity contribution in [2.45, 2.75) is 26.3 Å². The van der Waals surface area contributed by atoms with E-state index >= 15 is 0 Å². The van der Waals surface area contributed by atoms with Crippen molar-refractivity contribution in [1.29, 1.82) is 0 Å². The molecule has 1 aromatic rings. The molecule has 1 N–H and O–H groups in total. The van der Waals surface area contributed by atoms with Crippen LogP contribution in [-0.2, 0) is 4.79 Å². The molecule has 4 heteroatoms. The Balaban J connectivity index is 2.11. The van der Waals surface area contributed by atoms with Gasteiger partial charge in [0.1, 0.15) is 5.82 Å². The summed E-state index contributed by atoms with van der Waals surface area (Å²) in [6, 6.07) is 6.38. The van der Waals surface area contributed by atoms with E-state index in [0.29, 0.717) is 6.54 Å². The zero-order valence-electron chi connectivity index (χ0n) is 11.5. The molecule has 1 aliphatic heterocycles. The molecule has 1 heterocycles. The monoisotopic (exact) mass is 264 g/mol. The molecule has 104 valence electrons. The van der Waals surface area contributed by atoms with Gasteiger partial charge >= 0.3 is 0 Å². The van der Waals surface area contributed by atoms with Crippen molar-refractivity contribution in [3.05, 3.63) is 35.6 Å². The van der Waals surface area contributed by atoms with Crippen LogP contribution in [0.2, 0.25) is 0 Å². The first-order chi connectivity index (χ1) is 9.13. The fourth-order valence-corrected chi connectivity index (χ4v) is 2.64. The first-order valence-corrected chi connectivity index (χ1v) is 6.90. The lowest BCUT2D eigenvalue weighted by atomic mass is 10.0. The standard InChI is InChI=1S/C15H21FN2O/c1-3-18(15(19)13-8-9-17-10-13)11(2)12-4-6-14(16)7-5-12/h4-7,11,13,17H,3,8-10H2,1-2H3. The molecule has 0 saturated carbocycles. The molecule has 0 aromatic heterocycles. The normalized spacial score (nSPS) is 20.3. The van der Waals surface area contributed by atoms with E-state index in [4.69, 9.17) is 0 Å². The molecule has 1 saturated heterocycles. The van der Waals surface area contributed by atoms with Crippen LogP contribution in [0, 0.1) is 11.7 Å². The van der Waals surface area contributed by atoms with Crippen LogP contribution in [0.4, 0.5) is 4.39 Å². The second kappa shape index (κ2) is 6.15. The summed E-state index contributed by atoms with van der Waals surface area (Å²) >= 11 is 0. The van der Waals surface area contributed by atoms with Crippen molar-refractivity contribution in [3.63, 3.8) is 0 Å². The van der Waals surface area contributed by atoms with Crippen LogP contribution in [-0.4, -0.2) is 30.4 Å². The number of hydrogen-bond acceptors (Lipinski definition) is 2. The van der Waals surface area contributed by atoms with E-state index in [0.717, 1.165) is 25.1 Å². The van der Waals surface area contributed by atoms with Gasteiger partial charge in [-0.3, -0.25) is 4.79 Å². The second-order valence-electron chi connectivity index (χ2n) is 5.04. The first-order valence-electron chi connectivity index (χ1n) is 6.90. The SMILES string of the molecule is CCN(C(=O)C1CCNC1)C(C)c1ccc(F)cc1. The summed E-state index contributed by atoms with van der Waals surface area (Å²) in [6.45, 7) is 6.34. The summed E-state index contributed by atoms with van der Waals surface area (Å²) < 4.78 is 12.9. The lowest BCUT2D eigenvalue weighted by molar-refractivity contribution is -0.136. The third-order valence-corrected chi connectivity index (χ3v) is 3.85. The second-order valence-corrected chi connectivity index (χ2v) is 5.04. The van der Waals surface area contributed by atoms with E-state index < -0.39 is 0 Å². The third-order valence-electron chi connectivity index (χ3n) is 3.85. The van der Waals surface area contributed by atoms with Crippen LogP contribution in [0.25, 0.3) is 0 Å². The van der Waals surface area contributed by atoms with Crippen molar-refractivity contribution in [2.24, 2.45) is 5.92 Å². The Morgan fingerprint density at radius 1 is 1.47 bits per heavy atom. The highest BCUT2D eigenvalue weighted by atomic mass is 19.1. The van der Waals surface area contributed by atoms with Crippen molar-refractivity contribution in [1.82, 2.24) is 10.2 Å². The molecule has 0 bridgehead atoms. The molecule has 0 spiro atoms. The summed E-state index contributed by atoms with van der Waals surface area (Å²) in [7, 11) is 0. The van der Waals surface area contributed by atoms with Gasteiger partial charge in [0.05, 0.1) is 12.0 Å². The molecule has 3 nitrogen and oxygen atoms in total. The van der Waals surface area contributed by atoms with Crippen molar-refractivity contribution < 1.29 is 9.18 Å². The van der Waals surface area contributed by atoms with Crippen LogP contribution in [0.3, 0.4) is 0 Å². The molecule has 19 heavy (non-hydrogen) atoms.